The van der Waals surface area contributed by atoms with Gasteiger partial charge in [0.05, 0.1) is 6.10 Å². The van der Waals surface area contributed by atoms with E-state index in [1.54, 1.807) is 0 Å². The van der Waals surface area contributed by atoms with Gasteiger partial charge in [0.2, 0.25) is 0 Å². The zero-order valence-corrected chi connectivity index (χ0v) is 11.4. The molecule has 96 valence electrons. The molecule has 0 radical (unpaired) electrons. The molecule has 0 saturated heterocycles. The van der Waals surface area contributed by atoms with Crippen LogP contribution in [0.2, 0.25) is 0 Å². The Balaban J connectivity index is 2.47. The molecular weight excluding hydrogens is 196 g/mol. The van der Waals surface area contributed by atoms with Gasteiger partial charge in [-0.25, -0.2) is 0 Å². The lowest BCUT2D eigenvalue weighted by atomic mass is 9.69. The summed E-state index contributed by atoms with van der Waals surface area (Å²) >= 11 is 0. The van der Waals surface area contributed by atoms with Crippen molar-refractivity contribution >= 4 is 0 Å². The van der Waals surface area contributed by atoms with E-state index < -0.39 is 0 Å². The highest BCUT2D eigenvalue weighted by atomic mass is 16.3. The summed E-state index contributed by atoms with van der Waals surface area (Å²) in [6.45, 7) is 6.55. The molecule has 0 spiro atoms. The first kappa shape index (κ1) is 14.0. The van der Waals surface area contributed by atoms with Gasteiger partial charge in [-0.15, -0.1) is 0 Å². The summed E-state index contributed by atoms with van der Waals surface area (Å²) in [4.78, 5) is 0. The molecule has 1 saturated carbocycles. The third-order valence-electron chi connectivity index (χ3n) is 4.39. The minimum atomic E-state index is -0.0931. The summed E-state index contributed by atoms with van der Waals surface area (Å²) < 4.78 is 0. The standard InChI is InChI=1S/C15H30O/c1-4-6-8-14-11-13(7-5-2)9-10-15(14)12(3)16/h12-16H,4-11H2,1-3H3. The van der Waals surface area contributed by atoms with Gasteiger partial charge in [0.15, 0.2) is 0 Å². The number of hydrogen-bond acceptors (Lipinski definition) is 1. The molecule has 1 N–H and O–H groups in total. The van der Waals surface area contributed by atoms with Gasteiger partial charge in [-0.2, -0.15) is 0 Å². The normalized spacial score (nSPS) is 32.6. The van der Waals surface area contributed by atoms with Crippen molar-refractivity contribution in [2.24, 2.45) is 17.8 Å². The maximum absolute atomic E-state index is 9.86. The molecule has 0 heterocycles. The van der Waals surface area contributed by atoms with Crippen LogP contribution in [0, 0.1) is 17.8 Å². The Morgan fingerprint density at radius 2 is 1.88 bits per heavy atom. The van der Waals surface area contributed by atoms with Crippen molar-refractivity contribution in [3.63, 3.8) is 0 Å². The van der Waals surface area contributed by atoms with Gasteiger partial charge in [-0.05, 0) is 37.5 Å². The Morgan fingerprint density at radius 1 is 1.12 bits per heavy atom. The molecule has 0 aliphatic heterocycles. The van der Waals surface area contributed by atoms with Crippen LogP contribution in [-0.4, -0.2) is 11.2 Å². The Labute approximate surface area is 102 Å². The van der Waals surface area contributed by atoms with E-state index in [0.717, 1.165) is 11.8 Å². The number of rotatable bonds is 6. The van der Waals surface area contributed by atoms with Crippen LogP contribution in [0.1, 0.15) is 72.1 Å². The van der Waals surface area contributed by atoms with E-state index in [2.05, 4.69) is 13.8 Å². The van der Waals surface area contributed by atoms with Crippen molar-refractivity contribution in [1.82, 2.24) is 0 Å². The molecule has 1 aliphatic rings. The van der Waals surface area contributed by atoms with Crippen LogP contribution < -0.4 is 0 Å². The van der Waals surface area contributed by atoms with E-state index in [1.807, 2.05) is 6.92 Å². The van der Waals surface area contributed by atoms with E-state index in [-0.39, 0.29) is 6.10 Å². The summed E-state index contributed by atoms with van der Waals surface area (Å²) in [5.41, 5.74) is 0. The van der Waals surface area contributed by atoms with Gasteiger partial charge in [0.1, 0.15) is 0 Å². The molecule has 1 fully saturated rings. The largest absolute Gasteiger partial charge is 0.393 e. The fourth-order valence-corrected chi connectivity index (χ4v) is 3.49. The predicted octanol–water partition coefficient (Wildman–Crippen LogP) is 4.39. The van der Waals surface area contributed by atoms with E-state index >= 15 is 0 Å². The minimum Gasteiger partial charge on any atom is -0.393 e. The molecule has 4 atom stereocenters. The van der Waals surface area contributed by atoms with Crippen LogP contribution in [0.3, 0.4) is 0 Å². The maximum Gasteiger partial charge on any atom is 0.0542 e. The summed E-state index contributed by atoms with van der Waals surface area (Å²) in [5.74, 6) is 2.33. The van der Waals surface area contributed by atoms with Gasteiger partial charge in [-0.3, -0.25) is 0 Å². The zero-order chi connectivity index (χ0) is 12.0. The zero-order valence-electron chi connectivity index (χ0n) is 11.4. The van der Waals surface area contributed by atoms with Gasteiger partial charge >= 0.3 is 0 Å². The average Bonchev–Trinajstić information content (AvgIpc) is 2.26. The summed E-state index contributed by atoms with van der Waals surface area (Å²) in [6.07, 6.45) is 10.6. The molecule has 4 unspecified atom stereocenters. The highest BCUT2D eigenvalue weighted by Gasteiger charge is 2.32. The second kappa shape index (κ2) is 7.32. The van der Waals surface area contributed by atoms with Crippen LogP contribution in [0.25, 0.3) is 0 Å². The number of hydrogen-bond donors (Lipinski definition) is 1. The minimum absolute atomic E-state index is 0.0931. The SMILES string of the molecule is CCCCC1CC(CCC)CCC1C(C)O. The lowest BCUT2D eigenvalue weighted by Gasteiger charge is -2.38. The van der Waals surface area contributed by atoms with Crippen molar-refractivity contribution in [3.05, 3.63) is 0 Å². The Bertz CT molecular complexity index is 176. The highest BCUT2D eigenvalue weighted by Crippen LogP contribution is 2.40. The lowest BCUT2D eigenvalue weighted by Crippen LogP contribution is -2.32. The van der Waals surface area contributed by atoms with Gasteiger partial charge in [-0.1, -0.05) is 52.4 Å². The van der Waals surface area contributed by atoms with Gasteiger partial charge < -0.3 is 5.11 Å². The second-order valence-electron chi connectivity index (χ2n) is 5.77. The fraction of sp³-hybridized carbons (Fsp3) is 1.00. The first-order valence-electron chi connectivity index (χ1n) is 7.37. The topological polar surface area (TPSA) is 20.2 Å². The molecule has 0 bridgehead atoms. The van der Waals surface area contributed by atoms with Crippen molar-refractivity contribution in [2.45, 2.75) is 78.2 Å². The third kappa shape index (κ3) is 4.08. The van der Waals surface area contributed by atoms with Crippen molar-refractivity contribution in [3.8, 4) is 0 Å². The van der Waals surface area contributed by atoms with Crippen LogP contribution in [0.4, 0.5) is 0 Å². The number of aliphatic hydroxyl groups is 1. The number of unbranched alkanes of at least 4 members (excludes halogenated alkanes) is 1. The molecule has 1 nitrogen and oxygen atoms in total. The summed E-state index contributed by atoms with van der Waals surface area (Å²) in [7, 11) is 0. The van der Waals surface area contributed by atoms with Crippen LogP contribution >= 0.6 is 0 Å². The van der Waals surface area contributed by atoms with Crippen molar-refractivity contribution in [2.75, 3.05) is 0 Å². The molecule has 0 aromatic carbocycles. The third-order valence-corrected chi connectivity index (χ3v) is 4.39. The second-order valence-corrected chi connectivity index (χ2v) is 5.77. The molecule has 0 aromatic heterocycles. The smallest absolute Gasteiger partial charge is 0.0542 e. The Morgan fingerprint density at radius 3 is 2.44 bits per heavy atom. The van der Waals surface area contributed by atoms with Crippen LogP contribution in [0.5, 0.6) is 0 Å². The van der Waals surface area contributed by atoms with E-state index in [1.165, 1.54) is 51.4 Å². The Kier molecular flexibility index (Phi) is 6.41. The summed E-state index contributed by atoms with van der Waals surface area (Å²) in [6, 6.07) is 0. The van der Waals surface area contributed by atoms with Crippen LogP contribution in [0.15, 0.2) is 0 Å². The average molecular weight is 226 g/mol. The van der Waals surface area contributed by atoms with E-state index in [0.29, 0.717) is 5.92 Å². The molecular formula is C15H30O. The Hall–Kier alpha value is -0.0400. The molecule has 0 amide bonds. The van der Waals surface area contributed by atoms with Crippen molar-refractivity contribution < 1.29 is 5.11 Å². The molecule has 1 heteroatoms. The number of aliphatic hydroxyl groups excluding tert-OH is 1. The van der Waals surface area contributed by atoms with Gasteiger partial charge in [0, 0.05) is 0 Å². The quantitative estimate of drug-likeness (QED) is 0.712. The summed E-state index contributed by atoms with van der Waals surface area (Å²) in [5, 5.41) is 9.86. The lowest BCUT2D eigenvalue weighted by molar-refractivity contribution is 0.0388. The van der Waals surface area contributed by atoms with Crippen molar-refractivity contribution in [1.29, 1.82) is 0 Å². The first-order valence-corrected chi connectivity index (χ1v) is 7.37. The fourth-order valence-electron chi connectivity index (χ4n) is 3.49. The molecule has 1 rings (SSSR count). The van der Waals surface area contributed by atoms with Gasteiger partial charge in [0.25, 0.3) is 0 Å². The van der Waals surface area contributed by atoms with E-state index in [4.69, 9.17) is 0 Å². The molecule has 1 aliphatic carbocycles. The van der Waals surface area contributed by atoms with Crippen LogP contribution in [-0.2, 0) is 0 Å². The monoisotopic (exact) mass is 226 g/mol. The first-order chi connectivity index (χ1) is 7.69. The molecule has 0 aromatic rings. The molecule has 16 heavy (non-hydrogen) atoms. The van der Waals surface area contributed by atoms with E-state index in [9.17, 15) is 5.11 Å². The maximum atomic E-state index is 9.86. The highest BCUT2D eigenvalue weighted by molar-refractivity contribution is 4.82. The predicted molar refractivity (Wildman–Crippen MR) is 70.4 cm³/mol.